The minimum Gasteiger partial charge on any atom is -0.595 e. The van der Waals surface area contributed by atoms with Crippen LogP contribution in [0.1, 0.15) is 15.9 Å². The van der Waals surface area contributed by atoms with Crippen LogP contribution >= 0.6 is 0 Å². The summed E-state index contributed by atoms with van der Waals surface area (Å²) in [4.78, 5) is 22.7. The molecule has 0 saturated heterocycles. The van der Waals surface area contributed by atoms with E-state index in [1.54, 1.807) is 18.2 Å². The highest BCUT2D eigenvalue weighted by atomic mass is 16.8. The number of ether oxygens (including phenoxy) is 1. The zero-order valence-corrected chi connectivity index (χ0v) is 11.8. The Morgan fingerprint density at radius 3 is 2.65 bits per heavy atom. The molecule has 0 aliphatic carbocycles. The van der Waals surface area contributed by atoms with Crippen molar-refractivity contribution in [1.82, 2.24) is 0 Å². The second-order valence-corrected chi connectivity index (χ2v) is 4.99. The van der Waals surface area contributed by atoms with Crippen LogP contribution in [0.15, 0.2) is 30.3 Å². The Morgan fingerprint density at radius 1 is 1.26 bits per heavy atom. The van der Waals surface area contributed by atoms with E-state index in [9.17, 15) is 20.1 Å². The molecular formula is C14H11N3O6. The maximum atomic E-state index is 12.3. The molecule has 2 aromatic rings. The lowest BCUT2D eigenvalue weighted by atomic mass is 10.1. The molecule has 0 fully saturated rings. The van der Waals surface area contributed by atoms with Crippen LogP contribution in [-0.2, 0) is 0 Å². The molecule has 23 heavy (non-hydrogen) atoms. The van der Waals surface area contributed by atoms with Crippen LogP contribution < -0.4 is 15.3 Å². The molecule has 9 heteroatoms. The topological polar surface area (TPSA) is 129 Å². The van der Waals surface area contributed by atoms with Crippen LogP contribution in [0.2, 0.25) is 0 Å². The summed E-state index contributed by atoms with van der Waals surface area (Å²) in [5, 5.41) is 32.6. The lowest BCUT2D eigenvalue weighted by Crippen LogP contribution is -2.99. The van der Waals surface area contributed by atoms with Crippen LogP contribution in [0, 0.1) is 22.2 Å². The molecule has 1 heterocycles. The van der Waals surface area contributed by atoms with Crippen molar-refractivity contribution in [3.05, 3.63) is 56.8 Å². The van der Waals surface area contributed by atoms with Gasteiger partial charge in [0.05, 0.1) is 16.7 Å². The lowest BCUT2D eigenvalue weighted by Gasteiger charge is -2.14. The maximum Gasteiger partial charge on any atom is 0.292 e. The van der Waals surface area contributed by atoms with Crippen molar-refractivity contribution in [2.75, 3.05) is 5.32 Å². The number of nitrogens with one attached hydrogen (secondary N) is 2. The monoisotopic (exact) mass is 317 g/mol. The fourth-order valence-electron chi connectivity index (χ4n) is 2.30. The van der Waals surface area contributed by atoms with E-state index in [0.717, 1.165) is 17.7 Å². The largest absolute Gasteiger partial charge is 0.595 e. The van der Waals surface area contributed by atoms with Gasteiger partial charge in [0.2, 0.25) is 0 Å². The van der Waals surface area contributed by atoms with Gasteiger partial charge in [-0.25, -0.2) is 5.21 Å². The predicted molar refractivity (Wildman–Crippen MR) is 78.1 cm³/mol. The molecule has 1 amide bonds. The summed E-state index contributed by atoms with van der Waals surface area (Å²) < 4.78 is 5.58. The third-order valence-corrected chi connectivity index (χ3v) is 3.36. The van der Waals surface area contributed by atoms with Gasteiger partial charge in [0, 0.05) is 6.07 Å². The molecule has 1 aliphatic heterocycles. The molecule has 2 aromatic carbocycles. The van der Waals surface area contributed by atoms with E-state index in [1.807, 2.05) is 6.92 Å². The third kappa shape index (κ3) is 2.59. The van der Waals surface area contributed by atoms with E-state index in [0.29, 0.717) is 5.69 Å². The maximum absolute atomic E-state index is 12.3. The van der Waals surface area contributed by atoms with Gasteiger partial charge in [0.1, 0.15) is 0 Å². The fourth-order valence-corrected chi connectivity index (χ4v) is 2.30. The summed E-state index contributed by atoms with van der Waals surface area (Å²) >= 11 is 0. The number of nitrogens with zero attached hydrogens (tertiary/aromatic N) is 1. The number of quaternary nitrogens is 1. The number of hydrogen-bond donors (Lipinski definition) is 3. The van der Waals surface area contributed by atoms with Gasteiger partial charge in [-0.3, -0.25) is 14.9 Å². The highest BCUT2D eigenvalue weighted by Gasteiger charge is 2.32. The number of amides is 1. The van der Waals surface area contributed by atoms with Crippen molar-refractivity contribution in [3.8, 4) is 11.5 Å². The van der Waals surface area contributed by atoms with Gasteiger partial charge in [0.25, 0.3) is 11.6 Å². The Bertz CT molecular complexity index is 834. The van der Waals surface area contributed by atoms with Crippen LogP contribution in [0.25, 0.3) is 0 Å². The number of aryl methyl sites for hydroxylation is 1. The van der Waals surface area contributed by atoms with E-state index < -0.39 is 21.7 Å². The molecule has 0 radical (unpaired) electrons. The van der Waals surface area contributed by atoms with Crippen molar-refractivity contribution < 1.29 is 24.9 Å². The molecule has 0 aromatic heterocycles. The first-order chi connectivity index (χ1) is 10.9. The fraction of sp³-hybridized carbons (Fsp3) is 0.0714. The number of nitro benzene ring substituents is 1. The molecular weight excluding hydrogens is 306 g/mol. The number of nitro groups is 1. The van der Waals surface area contributed by atoms with Crippen LogP contribution in [0.5, 0.6) is 11.5 Å². The highest BCUT2D eigenvalue weighted by Crippen LogP contribution is 2.40. The first-order valence-electron chi connectivity index (χ1n) is 6.52. The summed E-state index contributed by atoms with van der Waals surface area (Å²) in [6.45, 7) is 1.81. The molecule has 3 N–H and O–H groups in total. The summed E-state index contributed by atoms with van der Waals surface area (Å²) in [6, 6.07) is 6.94. The molecule has 0 saturated carbocycles. The number of carbonyl (C=O) groups is 1. The van der Waals surface area contributed by atoms with Gasteiger partial charge < -0.3 is 15.3 Å². The van der Waals surface area contributed by atoms with Crippen molar-refractivity contribution >= 4 is 23.0 Å². The normalized spacial score (nSPS) is 14.0. The quantitative estimate of drug-likeness (QED) is 0.570. The number of carbonyl (C=O) groups excluding carboxylic acids is 1. The number of benzene rings is 2. The Hall–Kier alpha value is -3.01. The number of rotatable bonds is 2. The Balaban J connectivity index is 2.25. The second-order valence-electron chi connectivity index (χ2n) is 4.99. The van der Waals surface area contributed by atoms with Gasteiger partial charge in [0.15, 0.2) is 22.7 Å². The van der Waals surface area contributed by atoms with Crippen LogP contribution in [-0.4, -0.2) is 16.0 Å². The average Bonchev–Trinajstić information content (AvgIpc) is 2.61. The average molecular weight is 317 g/mol. The van der Waals surface area contributed by atoms with Gasteiger partial charge in [-0.1, -0.05) is 6.07 Å². The van der Waals surface area contributed by atoms with Crippen molar-refractivity contribution in [2.45, 2.75) is 6.92 Å². The number of hydrogen-bond acceptors (Lipinski definition) is 6. The van der Waals surface area contributed by atoms with Crippen molar-refractivity contribution in [1.29, 1.82) is 0 Å². The summed E-state index contributed by atoms with van der Waals surface area (Å²) in [5.74, 6) is -0.612. The molecule has 3 rings (SSSR count). The van der Waals surface area contributed by atoms with Crippen molar-refractivity contribution in [3.63, 3.8) is 0 Å². The molecule has 1 unspecified atom stereocenters. The first-order valence-corrected chi connectivity index (χ1v) is 6.52. The Kier molecular flexibility index (Phi) is 3.45. The van der Waals surface area contributed by atoms with Gasteiger partial charge in [-0.15, -0.1) is 0 Å². The lowest BCUT2D eigenvalue weighted by molar-refractivity contribution is -0.991. The van der Waals surface area contributed by atoms with Crippen LogP contribution in [0.4, 0.5) is 17.1 Å². The Labute approximate surface area is 129 Å². The second kappa shape index (κ2) is 5.32. The zero-order valence-electron chi connectivity index (χ0n) is 11.8. The number of anilines is 1. The zero-order chi connectivity index (χ0) is 16.7. The summed E-state index contributed by atoms with van der Waals surface area (Å²) in [7, 11) is 0. The predicted octanol–water partition coefficient (Wildman–Crippen LogP) is 1.66. The van der Waals surface area contributed by atoms with E-state index in [2.05, 4.69) is 5.32 Å². The van der Waals surface area contributed by atoms with Gasteiger partial charge in [-0.2, -0.15) is 5.23 Å². The first kappa shape index (κ1) is 14.9. The highest BCUT2D eigenvalue weighted by molar-refractivity contribution is 6.11. The number of fused-ring (bicyclic) bond motifs is 2. The molecule has 1 aliphatic rings. The minimum absolute atomic E-state index is 0.168. The SMILES string of the molecule is Cc1ccc2c(c1)Oc1cc([NH+]([O-])O)cc([N+](=O)[O-])c1C(=O)N2. The van der Waals surface area contributed by atoms with E-state index >= 15 is 0 Å². The van der Waals surface area contributed by atoms with Crippen molar-refractivity contribution in [2.24, 2.45) is 0 Å². The van der Waals surface area contributed by atoms with Gasteiger partial charge >= 0.3 is 0 Å². The Morgan fingerprint density at radius 2 is 2.00 bits per heavy atom. The smallest absolute Gasteiger partial charge is 0.292 e. The summed E-state index contributed by atoms with van der Waals surface area (Å²) in [5.41, 5.74) is -0.0663. The minimum atomic E-state index is -1.35. The van der Waals surface area contributed by atoms with Gasteiger partial charge in [-0.05, 0) is 24.6 Å². The van der Waals surface area contributed by atoms with E-state index in [-0.39, 0.29) is 22.7 Å². The van der Waals surface area contributed by atoms with E-state index in [4.69, 9.17) is 9.94 Å². The summed E-state index contributed by atoms with van der Waals surface area (Å²) in [6.07, 6.45) is 0. The third-order valence-electron chi connectivity index (χ3n) is 3.36. The molecule has 0 spiro atoms. The molecule has 118 valence electrons. The van der Waals surface area contributed by atoms with E-state index in [1.165, 1.54) is 0 Å². The molecule has 0 bridgehead atoms. The molecule has 1 atom stereocenters. The molecule has 9 nitrogen and oxygen atoms in total. The van der Waals surface area contributed by atoms with Crippen LogP contribution in [0.3, 0.4) is 0 Å². The standard InChI is InChI=1S/C14H11N3O6/c1-7-2-3-9-11(4-7)23-12-6-8(16(19)20)5-10(17(21)22)13(12)14(18)15-9/h2-6,16,19H,1H3,(H,15,18).